The van der Waals surface area contributed by atoms with Crippen molar-refractivity contribution >= 4 is 5.97 Å². The summed E-state index contributed by atoms with van der Waals surface area (Å²) in [6, 6.07) is 7.76. The zero-order valence-electron chi connectivity index (χ0n) is 14.1. The Balaban J connectivity index is 0.000000313. The highest BCUT2D eigenvalue weighted by molar-refractivity contribution is 5.69. The summed E-state index contributed by atoms with van der Waals surface area (Å²) in [6.07, 6.45) is 3.56. The molecule has 1 saturated heterocycles. The molecule has 1 fully saturated rings. The number of rotatable bonds is 6. The summed E-state index contributed by atoms with van der Waals surface area (Å²) in [5, 5.41) is 8.83. The first-order valence-corrected chi connectivity index (χ1v) is 8.20. The first kappa shape index (κ1) is 19.5. The van der Waals surface area contributed by atoms with Crippen LogP contribution >= 0.6 is 0 Å². The summed E-state index contributed by atoms with van der Waals surface area (Å²) in [6.45, 7) is 3.85. The zero-order chi connectivity index (χ0) is 16.9. The molecule has 1 aromatic carbocycles. The molecule has 23 heavy (non-hydrogen) atoms. The average molecular weight is 324 g/mol. The number of carbonyl (C=O) groups excluding carboxylic acids is 1. The maximum Gasteiger partial charge on any atom is 0.305 e. The highest BCUT2D eigenvalue weighted by Gasteiger charge is 2.08. The van der Waals surface area contributed by atoms with Crippen molar-refractivity contribution in [3.63, 3.8) is 0 Å². The third-order valence-corrected chi connectivity index (χ3v) is 3.47. The molecule has 0 spiro atoms. The van der Waals surface area contributed by atoms with Crippen LogP contribution in [0.1, 0.15) is 38.2 Å². The molecule has 5 nitrogen and oxygen atoms in total. The Kier molecular flexibility index (Phi) is 10.1. The molecule has 0 saturated carbocycles. The standard InChI is InChI=1S/C13H18O3.C5H10O2/c1-3-6-13(14)16-10-9-11-7-4-5-8-12(11)15-2;6-5-1-3-7-4-2-5/h4-5,7-8H,3,6,9-10H2,1-2H3;5-6H,1-4H2. The van der Waals surface area contributed by atoms with Crippen LogP contribution in [0.15, 0.2) is 24.3 Å². The summed E-state index contributed by atoms with van der Waals surface area (Å²) in [5.41, 5.74) is 1.06. The van der Waals surface area contributed by atoms with E-state index < -0.39 is 0 Å². The van der Waals surface area contributed by atoms with Crippen LogP contribution in [-0.4, -0.2) is 44.1 Å². The molecule has 0 bridgehead atoms. The van der Waals surface area contributed by atoms with E-state index in [0.717, 1.165) is 43.8 Å². The first-order valence-electron chi connectivity index (χ1n) is 8.20. The smallest absolute Gasteiger partial charge is 0.305 e. The van der Waals surface area contributed by atoms with Crippen molar-refractivity contribution < 1.29 is 24.1 Å². The van der Waals surface area contributed by atoms with Gasteiger partial charge in [-0.15, -0.1) is 0 Å². The van der Waals surface area contributed by atoms with Crippen molar-refractivity contribution in [2.24, 2.45) is 0 Å². The number of benzene rings is 1. The van der Waals surface area contributed by atoms with Crippen LogP contribution in [0.4, 0.5) is 0 Å². The summed E-state index contributed by atoms with van der Waals surface area (Å²) in [4.78, 5) is 11.1. The maximum atomic E-state index is 11.1. The van der Waals surface area contributed by atoms with Crippen LogP contribution in [0.5, 0.6) is 5.75 Å². The Hall–Kier alpha value is -1.59. The van der Waals surface area contributed by atoms with Crippen LogP contribution in [0.3, 0.4) is 0 Å². The summed E-state index contributed by atoms with van der Waals surface area (Å²) < 4.78 is 15.3. The Bertz CT molecular complexity index is 441. The van der Waals surface area contributed by atoms with E-state index in [1.54, 1.807) is 7.11 Å². The number of ether oxygens (including phenoxy) is 3. The second kappa shape index (κ2) is 11.9. The molecule has 0 radical (unpaired) electrons. The Morgan fingerprint density at radius 3 is 2.57 bits per heavy atom. The molecule has 5 heteroatoms. The number of para-hydroxylation sites is 1. The SMILES string of the molecule is CCCC(=O)OCCc1ccccc1OC.OC1CCOCC1. The Morgan fingerprint density at radius 1 is 1.30 bits per heavy atom. The number of hydrogen-bond donors (Lipinski definition) is 1. The van der Waals surface area contributed by atoms with E-state index in [2.05, 4.69) is 0 Å². The van der Waals surface area contributed by atoms with Gasteiger partial charge in [0.2, 0.25) is 0 Å². The molecule has 0 aliphatic carbocycles. The van der Waals surface area contributed by atoms with Crippen LogP contribution in [-0.2, 0) is 20.7 Å². The highest BCUT2D eigenvalue weighted by atomic mass is 16.5. The highest BCUT2D eigenvalue weighted by Crippen LogP contribution is 2.17. The second-order valence-electron chi connectivity index (χ2n) is 5.38. The average Bonchev–Trinajstić information content (AvgIpc) is 2.57. The van der Waals surface area contributed by atoms with Crippen molar-refractivity contribution in [3.05, 3.63) is 29.8 Å². The molecular formula is C18H28O5. The van der Waals surface area contributed by atoms with Gasteiger partial charge in [-0.25, -0.2) is 0 Å². The molecule has 0 unspecified atom stereocenters. The first-order chi connectivity index (χ1) is 11.2. The van der Waals surface area contributed by atoms with Crippen LogP contribution in [0, 0.1) is 0 Å². The fourth-order valence-electron chi connectivity index (χ4n) is 2.15. The molecule has 0 aromatic heterocycles. The third kappa shape index (κ3) is 8.57. The monoisotopic (exact) mass is 324 g/mol. The minimum Gasteiger partial charge on any atom is -0.496 e. The van der Waals surface area contributed by atoms with E-state index in [0.29, 0.717) is 19.4 Å². The van der Waals surface area contributed by atoms with Crippen molar-refractivity contribution in [1.29, 1.82) is 0 Å². The number of methoxy groups -OCH3 is 1. The van der Waals surface area contributed by atoms with Crippen LogP contribution < -0.4 is 4.74 Å². The van der Waals surface area contributed by atoms with E-state index >= 15 is 0 Å². The summed E-state index contributed by atoms with van der Waals surface area (Å²) in [5.74, 6) is 0.714. The molecule has 1 aliphatic heterocycles. The topological polar surface area (TPSA) is 65.0 Å². The van der Waals surface area contributed by atoms with Crippen molar-refractivity contribution in [2.75, 3.05) is 26.9 Å². The lowest BCUT2D eigenvalue weighted by atomic mass is 10.1. The van der Waals surface area contributed by atoms with Gasteiger partial charge in [-0.2, -0.15) is 0 Å². The van der Waals surface area contributed by atoms with E-state index in [9.17, 15) is 4.79 Å². The fraction of sp³-hybridized carbons (Fsp3) is 0.611. The molecule has 1 aromatic rings. The predicted octanol–water partition coefficient (Wildman–Crippen LogP) is 2.74. The van der Waals surface area contributed by atoms with Gasteiger partial charge in [0.1, 0.15) is 5.75 Å². The van der Waals surface area contributed by atoms with Gasteiger partial charge in [0.05, 0.1) is 19.8 Å². The van der Waals surface area contributed by atoms with E-state index in [-0.39, 0.29) is 12.1 Å². The van der Waals surface area contributed by atoms with Gasteiger partial charge in [-0.1, -0.05) is 25.1 Å². The Labute approximate surface area is 138 Å². The van der Waals surface area contributed by atoms with Gasteiger partial charge in [-0.3, -0.25) is 4.79 Å². The number of carbonyl (C=O) groups is 1. The van der Waals surface area contributed by atoms with Crippen LogP contribution in [0.25, 0.3) is 0 Å². The van der Waals surface area contributed by atoms with Gasteiger partial charge >= 0.3 is 5.97 Å². The van der Waals surface area contributed by atoms with Crippen LogP contribution in [0.2, 0.25) is 0 Å². The number of hydrogen-bond acceptors (Lipinski definition) is 5. The predicted molar refractivity (Wildman–Crippen MR) is 88.6 cm³/mol. The van der Waals surface area contributed by atoms with Gasteiger partial charge in [0.15, 0.2) is 0 Å². The normalized spacial score (nSPS) is 14.6. The second-order valence-corrected chi connectivity index (χ2v) is 5.38. The van der Waals surface area contributed by atoms with Crippen molar-refractivity contribution in [3.8, 4) is 5.75 Å². The molecule has 1 heterocycles. The largest absolute Gasteiger partial charge is 0.496 e. The van der Waals surface area contributed by atoms with E-state index in [1.807, 2.05) is 31.2 Å². The van der Waals surface area contributed by atoms with Gasteiger partial charge in [-0.05, 0) is 30.9 Å². The zero-order valence-corrected chi connectivity index (χ0v) is 14.1. The minimum atomic E-state index is -0.127. The number of esters is 1. The number of aliphatic hydroxyl groups excluding tert-OH is 1. The fourth-order valence-corrected chi connectivity index (χ4v) is 2.15. The summed E-state index contributed by atoms with van der Waals surface area (Å²) in [7, 11) is 1.64. The van der Waals surface area contributed by atoms with E-state index in [4.69, 9.17) is 19.3 Å². The third-order valence-electron chi connectivity index (χ3n) is 3.47. The van der Waals surface area contributed by atoms with Crippen molar-refractivity contribution in [2.45, 2.75) is 45.1 Å². The summed E-state index contributed by atoms with van der Waals surface area (Å²) >= 11 is 0. The molecule has 0 amide bonds. The lowest BCUT2D eigenvalue weighted by molar-refractivity contribution is -0.143. The molecule has 1 aliphatic rings. The molecule has 0 atom stereocenters. The lowest BCUT2D eigenvalue weighted by Gasteiger charge is -2.15. The lowest BCUT2D eigenvalue weighted by Crippen LogP contribution is -2.19. The molecule has 1 N–H and O–H groups in total. The van der Waals surface area contributed by atoms with Crippen molar-refractivity contribution in [1.82, 2.24) is 0 Å². The molecule has 130 valence electrons. The number of aliphatic hydroxyl groups is 1. The van der Waals surface area contributed by atoms with Gasteiger partial charge < -0.3 is 19.3 Å². The molecule has 2 rings (SSSR count). The van der Waals surface area contributed by atoms with Gasteiger partial charge in [0, 0.05) is 26.1 Å². The molecular weight excluding hydrogens is 296 g/mol. The van der Waals surface area contributed by atoms with E-state index in [1.165, 1.54) is 0 Å². The maximum absolute atomic E-state index is 11.1. The quantitative estimate of drug-likeness (QED) is 0.815. The van der Waals surface area contributed by atoms with Gasteiger partial charge in [0.25, 0.3) is 0 Å². The Morgan fingerprint density at radius 2 is 2.00 bits per heavy atom. The minimum absolute atomic E-state index is 0.0891.